The SMILES string of the molecule is C[B]Cc1nc2c(c(N(C)CCC)n1)CC=C2. The average Bonchev–Trinajstić information content (AvgIpc) is 2.76. The predicted octanol–water partition coefficient (Wildman–Crippen LogP) is 2.14. The minimum Gasteiger partial charge on any atom is -0.359 e. The van der Waals surface area contributed by atoms with Crippen molar-refractivity contribution in [2.24, 2.45) is 0 Å². The van der Waals surface area contributed by atoms with Crippen molar-refractivity contribution in [2.45, 2.75) is 32.9 Å². The quantitative estimate of drug-likeness (QED) is 0.723. The van der Waals surface area contributed by atoms with E-state index in [1.807, 2.05) is 6.82 Å². The lowest BCUT2D eigenvalue weighted by Crippen LogP contribution is -2.22. The normalized spacial score (nSPS) is 12.6. The number of hydrogen-bond acceptors (Lipinski definition) is 3. The Morgan fingerprint density at radius 3 is 2.94 bits per heavy atom. The van der Waals surface area contributed by atoms with E-state index >= 15 is 0 Å². The second kappa shape index (κ2) is 5.34. The van der Waals surface area contributed by atoms with Gasteiger partial charge < -0.3 is 4.90 Å². The van der Waals surface area contributed by atoms with Gasteiger partial charge in [-0.3, -0.25) is 0 Å². The largest absolute Gasteiger partial charge is 0.359 e. The second-order valence-corrected chi connectivity index (χ2v) is 4.47. The maximum Gasteiger partial charge on any atom is 0.136 e. The van der Waals surface area contributed by atoms with Gasteiger partial charge in [-0.1, -0.05) is 19.8 Å². The van der Waals surface area contributed by atoms with E-state index in [0.29, 0.717) is 0 Å². The van der Waals surface area contributed by atoms with E-state index in [-0.39, 0.29) is 0 Å². The van der Waals surface area contributed by atoms with Crippen molar-refractivity contribution in [2.75, 3.05) is 18.5 Å². The van der Waals surface area contributed by atoms with Crippen molar-refractivity contribution >= 4 is 19.2 Å². The zero-order chi connectivity index (χ0) is 12.3. The molecule has 0 aliphatic heterocycles. The molecular formula is C13H19BN3. The Bertz CT molecular complexity index is 429. The first-order valence-corrected chi connectivity index (χ1v) is 6.31. The lowest BCUT2D eigenvalue weighted by atomic mass is 9.78. The molecule has 0 spiro atoms. The van der Waals surface area contributed by atoms with Crippen molar-refractivity contribution in [3.05, 3.63) is 23.2 Å². The summed E-state index contributed by atoms with van der Waals surface area (Å²) in [6.07, 6.45) is 7.22. The summed E-state index contributed by atoms with van der Waals surface area (Å²) < 4.78 is 0. The van der Waals surface area contributed by atoms with Crippen LogP contribution in [0.3, 0.4) is 0 Å². The predicted molar refractivity (Wildman–Crippen MR) is 73.7 cm³/mol. The standard InChI is InChI=1S/C13H19BN3/c1-4-8-17(3)13-10-6-5-7-11(10)15-12(16-13)9-14-2/h5,7H,4,6,8-9H2,1-3H3. The van der Waals surface area contributed by atoms with E-state index in [0.717, 1.165) is 43.0 Å². The first kappa shape index (κ1) is 12.2. The van der Waals surface area contributed by atoms with Crippen LogP contribution in [0.4, 0.5) is 5.82 Å². The van der Waals surface area contributed by atoms with Crippen molar-refractivity contribution in [1.82, 2.24) is 9.97 Å². The highest BCUT2D eigenvalue weighted by Crippen LogP contribution is 2.26. The summed E-state index contributed by atoms with van der Waals surface area (Å²) in [5.74, 6) is 2.04. The van der Waals surface area contributed by atoms with Gasteiger partial charge in [0.05, 0.1) is 5.69 Å². The Morgan fingerprint density at radius 2 is 2.24 bits per heavy atom. The number of fused-ring (bicyclic) bond motifs is 1. The molecule has 1 aliphatic rings. The number of rotatable bonds is 5. The van der Waals surface area contributed by atoms with Gasteiger partial charge in [0.15, 0.2) is 0 Å². The minimum absolute atomic E-state index is 0.841. The van der Waals surface area contributed by atoms with Crippen LogP contribution >= 0.6 is 0 Å². The fourth-order valence-electron chi connectivity index (χ4n) is 2.19. The zero-order valence-corrected chi connectivity index (χ0v) is 10.9. The van der Waals surface area contributed by atoms with Crippen LogP contribution in [-0.4, -0.2) is 30.8 Å². The molecule has 89 valence electrons. The molecule has 1 aromatic heterocycles. The van der Waals surface area contributed by atoms with Gasteiger partial charge in [0.1, 0.15) is 18.9 Å². The Kier molecular flexibility index (Phi) is 3.82. The smallest absolute Gasteiger partial charge is 0.136 e. The van der Waals surface area contributed by atoms with Gasteiger partial charge in [0.25, 0.3) is 0 Å². The van der Waals surface area contributed by atoms with Crippen LogP contribution in [0.25, 0.3) is 6.08 Å². The Hall–Kier alpha value is -1.32. The van der Waals surface area contributed by atoms with Gasteiger partial charge in [0, 0.05) is 19.2 Å². The Balaban J connectivity index is 2.36. The van der Waals surface area contributed by atoms with Crippen molar-refractivity contribution in [3.8, 4) is 0 Å². The van der Waals surface area contributed by atoms with E-state index in [1.54, 1.807) is 0 Å². The molecule has 0 saturated heterocycles. The minimum atomic E-state index is 0.841. The summed E-state index contributed by atoms with van der Waals surface area (Å²) in [7, 11) is 4.22. The highest BCUT2D eigenvalue weighted by Gasteiger charge is 2.17. The Labute approximate surface area is 104 Å². The van der Waals surface area contributed by atoms with Crippen molar-refractivity contribution in [3.63, 3.8) is 0 Å². The molecule has 1 heterocycles. The number of aromatic nitrogens is 2. The van der Waals surface area contributed by atoms with Gasteiger partial charge >= 0.3 is 0 Å². The summed E-state index contributed by atoms with van der Waals surface area (Å²) in [6.45, 7) is 5.28. The summed E-state index contributed by atoms with van der Waals surface area (Å²) in [5, 5.41) is 0. The third-order valence-electron chi connectivity index (χ3n) is 2.97. The van der Waals surface area contributed by atoms with E-state index in [9.17, 15) is 0 Å². The van der Waals surface area contributed by atoms with Crippen LogP contribution in [0.1, 0.15) is 30.4 Å². The van der Waals surface area contributed by atoms with Gasteiger partial charge in [-0.05, 0) is 25.2 Å². The molecule has 0 aromatic carbocycles. The summed E-state index contributed by atoms with van der Waals surface area (Å²) in [6, 6.07) is 0. The maximum atomic E-state index is 4.70. The molecule has 0 N–H and O–H groups in total. The van der Waals surface area contributed by atoms with E-state index in [4.69, 9.17) is 4.98 Å². The molecule has 1 aromatic rings. The van der Waals surface area contributed by atoms with Crippen LogP contribution in [0.5, 0.6) is 0 Å². The fraction of sp³-hybridized carbons (Fsp3) is 0.538. The summed E-state index contributed by atoms with van der Waals surface area (Å²) >= 11 is 0. The molecule has 0 amide bonds. The molecule has 3 nitrogen and oxygen atoms in total. The topological polar surface area (TPSA) is 29.0 Å². The van der Waals surface area contributed by atoms with Gasteiger partial charge in [0.2, 0.25) is 0 Å². The van der Waals surface area contributed by atoms with Crippen LogP contribution in [0.2, 0.25) is 6.82 Å². The first-order valence-electron chi connectivity index (χ1n) is 6.31. The van der Waals surface area contributed by atoms with Crippen LogP contribution in [0, 0.1) is 0 Å². The molecule has 17 heavy (non-hydrogen) atoms. The Morgan fingerprint density at radius 1 is 1.41 bits per heavy atom. The molecule has 4 heteroatoms. The molecule has 0 unspecified atom stereocenters. The molecule has 0 bridgehead atoms. The van der Waals surface area contributed by atoms with Gasteiger partial charge in [-0.25, -0.2) is 9.97 Å². The average molecular weight is 228 g/mol. The van der Waals surface area contributed by atoms with E-state index in [1.165, 1.54) is 5.56 Å². The highest BCUT2D eigenvalue weighted by molar-refractivity contribution is 6.32. The third-order valence-corrected chi connectivity index (χ3v) is 2.97. The van der Waals surface area contributed by atoms with Crippen molar-refractivity contribution in [1.29, 1.82) is 0 Å². The monoisotopic (exact) mass is 228 g/mol. The number of allylic oxidation sites excluding steroid dienone is 1. The lowest BCUT2D eigenvalue weighted by Gasteiger charge is -2.21. The van der Waals surface area contributed by atoms with E-state index in [2.05, 4.69) is 43.3 Å². The summed E-state index contributed by atoms with van der Waals surface area (Å²) in [4.78, 5) is 11.5. The maximum absolute atomic E-state index is 4.70. The molecule has 1 radical (unpaired) electrons. The number of nitrogens with zero attached hydrogens (tertiary/aromatic N) is 3. The second-order valence-electron chi connectivity index (χ2n) is 4.47. The molecule has 2 rings (SSSR count). The molecule has 0 saturated carbocycles. The molecular weight excluding hydrogens is 209 g/mol. The zero-order valence-electron chi connectivity index (χ0n) is 10.9. The summed E-state index contributed by atoms with van der Waals surface area (Å²) in [5.41, 5.74) is 2.38. The first-order chi connectivity index (χ1) is 8.26. The van der Waals surface area contributed by atoms with Gasteiger partial charge in [-0.2, -0.15) is 0 Å². The van der Waals surface area contributed by atoms with Crippen LogP contribution in [0.15, 0.2) is 6.08 Å². The number of hydrogen-bond donors (Lipinski definition) is 0. The fourth-order valence-corrected chi connectivity index (χ4v) is 2.19. The molecule has 0 fully saturated rings. The molecule has 0 atom stereocenters. The van der Waals surface area contributed by atoms with Gasteiger partial charge in [-0.15, -0.1) is 0 Å². The lowest BCUT2D eigenvalue weighted by molar-refractivity contribution is 0.818. The highest BCUT2D eigenvalue weighted by atomic mass is 15.2. The van der Waals surface area contributed by atoms with Crippen LogP contribution in [-0.2, 0) is 12.7 Å². The van der Waals surface area contributed by atoms with E-state index < -0.39 is 0 Å². The third kappa shape index (κ3) is 2.51. The molecule has 1 aliphatic carbocycles. The van der Waals surface area contributed by atoms with Crippen LogP contribution < -0.4 is 4.90 Å². The van der Waals surface area contributed by atoms with Crippen molar-refractivity contribution < 1.29 is 0 Å². The number of anilines is 1.